The molecule has 0 heterocycles. The van der Waals surface area contributed by atoms with Gasteiger partial charge in [0.15, 0.2) is 6.29 Å². The molecule has 0 amide bonds. The summed E-state index contributed by atoms with van der Waals surface area (Å²) in [7, 11) is 0. The van der Waals surface area contributed by atoms with Crippen molar-refractivity contribution in [2.45, 2.75) is 129 Å². The van der Waals surface area contributed by atoms with Crippen molar-refractivity contribution >= 4 is 0 Å². The second-order valence-electron chi connectivity index (χ2n) is 7.97. The standard InChI is InChI=1S/C25H50O3/c1-3-5-7-9-15-19-23-27-25(21-17-13-11-12-14-18-22-26)28-24-20-16-10-8-6-4-2/h12,14,25-26H,3-11,13,15-24H2,1-2H3/b14-12+. The number of allylic oxidation sites excluding steroid dienone is 1. The zero-order chi connectivity index (χ0) is 20.5. The van der Waals surface area contributed by atoms with Gasteiger partial charge in [0.1, 0.15) is 0 Å². The van der Waals surface area contributed by atoms with E-state index in [1.54, 1.807) is 0 Å². The van der Waals surface area contributed by atoms with Crippen LogP contribution in [0.25, 0.3) is 0 Å². The maximum atomic E-state index is 8.78. The highest BCUT2D eigenvalue weighted by Crippen LogP contribution is 2.13. The fourth-order valence-electron chi connectivity index (χ4n) is 3.29. The van der Waals surface area contributed by atoms with E-state index in [0.717, 1.165) is 51.7 Å². The van der Waals surface area contributed by atoms with E-state index in [2.05, 4.69) is 26.0 Å². The molecule has 0 bridgehead atoms. The van der Waals surface area contributed by atoms with Crippen molar-refractivity contribution in [1.82, 2.24) is 0 Å². The van der Waals surface area contributed by atoms with Crippen LogP contribution in [0.4, 0.5) is 0 Å². The highest BCUT2D eigenvalue weighted by Gasteiger charge is 2.09. The number of aliphatic hydroxyl groups is 1. The Morgan fingerprint density at radius 2 is 1.11 bits per heavy atom. The second kappa shape index (κ2) is 24.7. The number of rotatable bonds is 23. The van der Waals surface area contributed by atoms with E-state index in [4.69, 9.17) is 14.6 Å². The molecule has 0 rings (SSSR count). The van der Waals surface area contributed by atoms with Crippen molar-refractivity contribution in [3.05, 3.63) is 12.2 Å². The van der Waals surface area contributed by atoms with E-state index in [0.29, 0.717) is 0 Å². The number of aliphatic hydroxyl groups excluding tert-OH is 1. The molecular formula is C25H50O3. The monoisotopic (exact) mass is 398 g/mol. The maximum Gasteiger partial charge on any atom is 0.157 e. The van der Waals surface area contributed by atoms with Gasteiger partial charge in [0.05, 0.1) is 0 Å². The summed E-state index contributed by atoms with van der Waals surface area (Å²) in [5.41, 5.74) is 0. The number of hydrogen-bond acceptors (Lipinski definition) is 3. The van der Waals surface area contributed by atoms with Crippen molar-refractivity contribution in [2.75, 3.05) is 19.8 Å². The third kappa shape index (κ3) is 21.9. The van der Waals surface area contributed by atoms with E-state index in [1.807, 2.05) is 0 Å². The molecule has 0 saturated heterocycles. The molecular weight excluding hydrogens is 348 g/mol. The van der Waals surface area contributed by atoms with E-state index >= 15 is 0 Å². The summed E-state index contributed by atoms with van der Waals surface area (Å²) >= 11 is 0. The van der Waals surface area contributed by atoms with Crippen molar-refractivity contribution in [2.24, 2.45) is 0 Å². The van der Waals surface area contributed by atoms with Gasteiger partial charge in [0.25, 0.3) is 0 Å². The van der Waals surface area contributed by atoms with Crippen molar-refractivity contribution in [3.63, 3.8) is 0 Å². The average Bonchev–Trinajstić information content (AvgIpc) is 2.71. The summed E-state index contributed by atoms with van der Waals surface area (Å²) in [4.78, 5) is 0. The Hall–Kier alpha value is -0.380. The molecule has 0 fully saturated rings. The Kier molecular flexibility index (Phi) is 24.3. The summed E-state index contributed by atoms with van der Waals surface area (Å²) < 4.78 is 12.1. The third-order valence-corrected chi connectivity index (χ3v) is 5.13. The van der Waals surface area contributed by atoms with Gasteiger partial charge < -0.3 is 14.6 Å². The molecule has 0 aliphatic carbocycles. The summed E-state index contributed by atoms with van der Waals surface area (Å²) in [6, 6.07) is 0. The van der Waals surface area contributed by atoms with Gasteiger partial charge in [0, 0.05) is 19.8 Å². The number of unbranched alkanes of at least 4 members (excludes halogenated alkanes) is 12. The van der Waals surface area contributed by atoms with Crippen LogP contribution in [-0.4, -0.2) is 31.2 Å². The van der Waals surface area contributed by atoms with Gasteiger partial charge in [-0.1, -0.05) is 90.2 Å². The predicted octanol–water partition coefficient (Wildman–Crippen LogP) is 7.57. The molecule has 0 aromatic heterocycles. The van der Waals surface area contributed by atoms with Crippen LogP contribution in [0.15, 0.2) is 12.2 Å². The van der Waals surface area contributed by atoms with Crippen LogP contribution in [0, 0.1) is 0 Å². The van der Waals surface area contributed by atoms with Crippen LogP contribution in [0.2, 0.25) is 0 Å². The molecule has 0 spiro atoms. The highest BCUT2D eigenvalue weighted by atomic mass is 16.7. The molecule has 0 atom stereocenters. The van der Waals surface area contributed by atoms with Crippen LogP contribution in [0.5, 0.6) is 0 Å². The lowest BCUT2D eigenvalue weighted by Gasteiger charge is -2.19. The molecule has 1 N–H and O–H groups in total. The molecule has 0 aliphatic heterocycles. The van der Waals surface area contributed by atoms with E-state index in [1.165, 1.54) is 70.6 Å². The number of hydrogen-bond donors (Lipinski definition) is 1. The predicted molar refractivity (Wildman–Crippen MR) is 122 cm³/mol. The Morgan fingerprint density at radius 1 is 0.607 bits per heavy atom. The van der Waals surface area contributed by atoms with Crippen molar-refractivity contribution in [3.8, 4) is 0 Å². The van der Waals surface area contributed by atoms with Gasteiger partial charge in [-0.15, -0.1) is 0 Å². The minimum Gasteiger partial charge on any atom is -0.396 e. The van der Waals surface area contributed by atoms with Crippen LogP contribution >= 0.6 is 0 Å². The fourth-order valence-corrected chi connectivity index (χ4v) is 3.29. The van der Waals surface area contributed by atoms with Crippen LogP contribution in [0.1, 0.15) is 123 Å². The van der Waals surface area contributed by atoms with Crippen molar-refractivity contribution in [1.29, 1.82) is 0 Å². The first-order valence-electron chi connectivity index (χ1n) is 12.3. The molecule has 0 aromatic rings. The average molecular weight is 399 g/mol. The molecule has 168 valence electrons. The van der Waals surface area contributed by atoms with Gasteiger partial charge in [-0.2, -0.15) is 0 Å². The molecule has 0 radical (unpaired) electrons. The lowest BCUT2D eigenvalue weighted by molar-refractivity contribution is -0.148. The summed E-state index contributed by atoms with van der Waals surface area (Å²) in [6.45, 7) is 6.44. The van der Waals surface area contributed by atoms with Crippen LogP contribution in [0.3, 0.4) is 0 Å². The number of ether oxygens (including phenoxy) is 2. The van der Waals surface area contributed by atoms with Gasteiger partial charge >= 0.3 is 0 Å². The first-order chi connectivity index (χ1) is 13.8. The lowest BCUT2D eigenvalue weighted by atomic mass is 10.1. The second-order valence-corrected chi connectivity index (χ2v) is 7.97. The largest absolute Gasteiger partial charge is 0.396 e. The Labute approximate surface area is 176 Å². The minimum absolute atomic E-state index is 0.0206. The first-order valence-corrected chi connectivity index (χ1v) is 12.3. The zero-order valence-electron chi connectivity index (χ0n) is 19.1. The highest BCUT2D eigenvalue weighted by molar-refractivity contribution is 4.80. The molecule has 0 aromatic carbocycles. The fraction of sp³-hybridized carbons (Fsp3) is 0.920. The molecule has 0 unspecified atom stereocenters. The van der Waals surface area contributed by atoms with E-state index in [-0.39, 0.29) is 12.9 Å². The Morgan fingerprint density at radius 3 is 1.64 bits per heavy atom. The normalized spacial score (nSPS) is 11.9. The minimum atomic E-state index is -0.0206. The summed E-state index contributed by atoms with van der Waals surface area (Å²) in [5, 5.41) is 8.78. The van der Waals surface area contributed by atoms with Gasteiger partial charge in [-0.05, 0) is 44.9 Å². The summed E-state index contributed by atoms with van der Waals surface area (Å²) in [6.07, 6.45) is 25.0. The Bertz CT molecular complexity index is 286. The smallest absolute Gasteiger partial charge is 0.157 e. The first kappa shape index (κ1) is 27.6. The topological polar surface area (TPSA) is 38.7 Å². The SMILES string of the molecule is CCCCCCCCOC(CCCC/C=C/CCO)OCCCCCCCC. The van der Waals surface area contributed by atoms with Gasteiger partial charge in [-0.3, -0.25) is 0 Å². The van der Waals surface area contributed by atoms with Gasteiger partial charge in [0.2, 0.25) is 0 Å². The molecule has 0 saturated carbocycles. The van der Waals surface area contributed by atoms with E-state index in [9.17, 15) is 0 Å². The molecule has 3 heteroatoms. The molecule has 0 aliphatic rings. The summed E-state index contributed by atoms with van der Waals surface area (Å²) in [5.74, 6) is 0. The van der Waals surface area contributed by atoms with Crippen LogP contribution < -0.4 is 0 Å². The molecule has 28 heavy (non-hydrogen) atoms. The quantitative estimate of drug-likeness (QED) is 0.110. The third-order valence-electron chi connectivity index (χ3n) is 5.13. The maximum absolute atomic E-state index is 8.78. The van der Waals surface area contributed by atoms with Gasteiger partial charge in [-0.25, -0.2) is 0 Å². The zero-order valence-corrected chi connectivity index (χ0v) is 19.1. The van der Waals surface area contributed by atoms with Crippen LogP contribution in [-0.2, 0) is 9.47 Å². The van der Waals surface area contributed by atoms with E-state index < -0.39 is 0 Å². The Balaban J connectivity index is 3.85. The lowest BCUT2D eigenvalue weighted by Crippen LogP contribution is -2.19. The van der Waals surface area contributed by atoms with Crippen molar-refractivity contribution < 1.29 is 14.6 Å². The molecule has 3 nitrogen and oxygen atoms in total.